The van der Waals surface area contributed by atoms with E-state index in [9.17, 15) is 13.2 Å². The normalized spacial score (nSPS) is 10.1. The third-order valence-electron chi connectivity index (χ3n) is 1.34. The Bertz CT molecular complexity index is 254. The van der Waals surface area contributed by atoms with E-state index < -0.39 is 11.9 Å². The van der Waals surface area contributed by atoms with Gasteiger partial charge >= 0.3 is 6.18 Å². The zero-order chi connectivity index (χ0) is 11.2. The van der Waals surface area contributed by atoms with Crippen LogP contribution in [0.1, 0.15) is 19.5 Å². The Morgan fingerprint density at radius 3 is 2.07 bits per heavy atom. The lowest BCUT2D eigenvalue weighted by molar-refractivity contribution is -0.141. The van der Waals surface area contributed by atoms with Crippen LogP contribution in [-0.4, -0.2) is 12.0 Å². The number of hydrogen-bond donors (Lipinski definition) is 1. The Kier molecular flexibility index (Phi) is 4.97. The largest absolute Gasteiger partial charge is 0.433 e. The van der Waals surface area contributed by atoms with Gasteiger partial charge in [-0.25, -0.2) is 4.98 Å². The van der Waals surface area contributed by atoms with Crippen molar-refractivity contribution in [3.8, 4) is 0 Å². The molecule has 0 atom stereocenters. The first-order valence-electron chi connectivity index (χ1n) is 4.25. The fraction of sp³-hybridized carbons (Fsp3) is 0.444. The molecule has 14 heavy (non-hydrogen) atoms. The maximum atomic E-state index is 11.9. The Morgan fingerprint density at radius 2 is 1.79 bits per heavy atom. The molecule has 80 valence electrons. The summed E-state index contributed by atoms with van der Waals surface area (Å²) in [5, 5.41) is 2.68. The first kappa shape index (κ1) is 12.7. The summed E-state index contributed by atoms with van der Waals surface area (Å²) in [4.78, 5) is 3.23. The third kappa shape index (κ3) is 3.64. The van der Waals surface area contributed by atoms with E-state index in [2.05, 4.69) is 10.3 Å². The molecule has 0 unspecified atom stereocenters. The molecule has 0 aliphatic carbocycles. The predicted molar refractivity (Wildman–Crippen MR) is 50.1 cm³/mol. The van der Waals surface area contributed by atoms with Crippen molar-refractivity contribution < 1.29 is 13.2 Å². The van der Waals surface area contributed by atoms with Crippen LogP contribution in [0.4, 0.5) is 18.9 Å². The van der Waals surface area contributed by atoms with Crippen LogP contribution in [0.2, 0.25) is 0 Å². The van der Waals surface area contributed by atoms with Gasteiger partial charge in [0.25, 0.3) is 0 Å². The second-order valence-electron chi connectivity index (χ2n) is 2.18. The predicted octanol–water partition coefficient (Wildman–Crippen LogP) is 3.17. The van der Waals surface area contributed by atoms with E-state index in [0.717, 1.165) is 12.3 Å². The van der Waals surface area contributed by atoms with Crippen molar-refractivity contribution in [1.82, 2.24) is 4.98 Å². The number of hydrogen-bond acceptors (Lipinski definition) is 2. The number of rotatable bonds is 1. The molecule has 1 aromatic rings. The van der Waals surface area contributed by atoms with Gasteiger partial charge in [-0.3, -0.25) is 0 Å². The second-order valence-corrected chi connectivity index (χ2v) is 2.18. The Hall–Kier alpha value is -1.26. The molecular formula is C9H13F3N2. The molecule has 0 radical (unpaired) electrons. The lowest BCUT2D eigenvalue weighted by Gasteiger charge is -2.05. The van der Waals surface area contributed by atoms with Crippen molar-refractivity contribution in [1.29, 1.82) is 0 Å². The van der Waals surface area contributed by atoms with Gasteiger partial charge in [0, 0.05) is 7.05 Å². The molecule has 1 N–H and O–H groups in total. The number of pyridine rings is 1. The van der Waals surface area contributed by atoms with E-state index in [1.54, 1.807) is 7.05 Å². The number of nitrogens with one attached hydrogen (secondary N) is 1. The van der Waals surface area contributed by atoms with E-state index in [1.807, 2.05) is 13.8 Å². The molecular weight excluding hydrogens is 193 g/mol. The van der Waals surface area contributed by atoms with Gasteiger partial charge in [0.1, 0.15) is 5.69 Å². The van der Waals surface area contributed by atoms with E-state index in [0.29, 0.717) is 5.69 Å². The first-order valence-corrected chi connectivity index (χ1v) is 4.25. The molecule has 0 saturated heterocycles. The highest BCUT2D eigenvalue weighted by Crippen LogP contribution is 2.27. The minimum atomic E-state index is -4.35. The van der Waals surface area contributed by atoms with Crippen molar-refractivity contribution >= 4 is 5.69 Å². The van der Waals surface area contributed by atoms with Crippen LogP contribution in [0.25, 0.3) is 0 Å². The minimum absolute atomic E-state index is 0.558. The Balaban J connectivity index is 0.000000791. The van der Waals surface area contributed by atoms with Crippen molar-refractivity contribution in [3.63, 3.8) is 0 Å². The molecule has 0 spiro atoms. The monoisotopic (exact) mass is 206 g/mol. The molecule has 2 nitrogen and oxygen atoms in total. The standard InChI is InChI=1S/C7H7F3N2.C2H6/c1-11-5-2-3-6(12-4-5)7(8,9)10;1-2/h2-4,11H,1H3;1-2H3. The Morgan fingerprint density at radius 1 is 1.21 bits per heavy atom. The summed E-state index contributed by atoms with van der Waals surface area (Å²) < 4.78 is 35.8. The highest BCUT2D eigenvalue weighted by Gasteiger charge is 2.31. The summed E-state index contributed by atoms with van der Waals surface area (Å²) in [5.41, 5.74) is -0.315. The van der Waals surface area contributed by atoms with Crippen molar-refractivity contribution in [2.24, 2.45) is 0 Å². The lowest BCUT2D eigenvalue weighted by Crippen LogP contribution is -2.07. The van der Waals surface area contributed by atoms with Crippen LogP contribution in [0.3, 0.4) is 0 Å². The van der Waals surface area contributed by atoms with Crippen molar-refractivity contribution in [3.05, 3.63) is 24.0 Å². The van der Waals surface area contributed by atoms with E-state index >= 15 is 0 Å². The number of alkyl halides is 3. The molecule has 0 amide bonds. The smallest absolute Gasteiger partial charge is 0.387 e. The van der Waals surface area contributed by atoms with Gasteiger partial charge in [0.05, 0.1) is 11.9 Å². The van der Waals surface area contributed by atoms with Gasteiger partial charge in [0.15, 0.2) is 0 Å². The van der Waals surface area contributed by atoms with Crippen molar-refractivity contribution in [2.75, 3.05) is 12.4 Å². The van der Waals surface area contributed by atoms with Crippen LogP contribution in [0.15, 0.2) is 18.3 Å². The maximum Gasteiger partial charge on any atom is 0.433 e. The summed E-state index contributed by atoms with van der Waals surface area (Å²) in [6.07, 6.45) is -3.21. The minimum Gasteiger partial charge on any atom is -0.387 e. The van der Waals surface area contributed by atoms with Gasteiger partial charge in [-0.15, -0.1) is 0 Å². The number of nitrogens with zero attached hydrogens (tertiary/aromatic N) is 1. The van der Waals surface area contributed by atoms with Crippen LogP contribution in [0, 0.1) is 0 Å². The molecule has 1 aromatic heterocycles. The SMILES string of the molecule is CC.CNc1ccc(C(F)(F)F)nc1. The number of anilines is 1. The second kappa shape index (κ2) is 5.47. The van der Waals surface area contributed by atoms with E-state index in [4.69, 9.17) is 0 Å². The van der Waals surface area contributed by atoms with Gasteiger partial charge in [-0.05, 0) is 12.1 Å². The quantitative estimate of drug-likeness (QED) is 0.763. The van der Waals surface area contributed by atoms with Gasteiger partial charge in [-0.2, -0.15) is 13.2 Å². The summed E-state index contributed by atoms with van der Waals surface area (Å²) in [7, 11) is 1.62. The molecule has 0 fully saturated rings. The first-order chi connectivity index (χ1) is 6.54. The van der Waals surface area contributed by atoms with Crippen LogP contribution >= 0.6 is 0 Å². The molecule has 1 heterocycles. The summed E-state index contributed by atoms with van der Waals surface area (Å²) in [6, 6.07) is 2.27. The average molecular weight is 206 g/mol. The highest BCUT2D eigenvalue weighted by atomic mass is 19.4. The van der Waals surface area contributed by atoms with E-state index in [1.165, 1.54) is 6.07 Å². The third-order valence-corrected chi connectivity index (χ3v) is 1.34. The van der Waals surface area contributed by atoms with Crippen LogP contribution < -0.4 is 5.32 Å². The summed E-state index contributed by atoms with van der Waals surface area (Å²) >= 11 is 0. The molecule has 0 aliphatic rings. The molecule has 5 heteroatoms. The Labute approximate surface area is 81.2 Å². The molecule has 1 rings (SSSR count). The highest BCUT2D eigenvalue weighted by molar-refractivity contribution is 5.40. The summed E-state index contributed by atoms with van der Waals surface area (Å²) in [6.45, 7) is 4.00. The lowest BCUT2D eigenvalue weighted by atomic mass is 10.3. The van der Waals surface area contributed by atoms with Gasteiger partial charge < -0.3 is 5.32 Å². The number of aromatic nitrogens is 1. The fourth-order valence-corrected chi connectivity index (χ4v) is 0.709. The van der Waals surface area contributed by atoms with Gasteiger partial charge in [0.2, 0.25) is 0 Å². The van der Waals surface area contributed by atoms with Crippen molar-refractivity contribution in [2.45, 2.75) is 20.0 Å². The van der Waals surface area contributed by atoms with E-state index in [-0.39, 0.29) is 0 Å². The molecule has 0 saturated carbocycles. The zero-order valence-electron chi connectivity index (χ0n) is 8.31. The molecule has 0 bridgehead atoms. The average Bonchev–Trinajstić information content (AvgIpc) is 2.20. The zero-order valence-corrected chi connectivity index (χ0v) is 8.31. The topological polar surface area (TPSA) is 24.9 Å². The maximum absolute atomic E-state index is 11.9. The molecule has 0 aromatic carbocycles. The van der Waals surface area contributed by atoms with Crippen LogP contribution in [0.5, 0.6) is 0 Å². The fourth-order valence-electron chi connectivity index (χ4n) is 0.709. The number of halogens is 3. The van der Waals surface area contributed by atoms with Crippen LogP contribution in [-0.2, 0) is 6.18 Å². The molecule has 0 aliphatic heterocycles. The summed E-state index contributed by atoms with van der Waals surface area (Å²) in [5.74, 6) is 0. The van der Waals surface area contributed by atoms with Gasteiger partial charge in [-0.1, -0.05) is 13.8 Å².